The molecule has 0 bridgehead atoms. The lowest BCUT2D eigenvalue weighted by Crippen LogP contribution is -2.42. The molecule has 0 radical (unpaired) electrons. The van der Waals surface area contributed by atoms with Crippen molar-refractivity contribution in [2.45, 2.75) is 38.6 Å². The fourth-order valence-corrected chi connectivity index (χ4v) is 2.41. The first-order chi connectivity index (χ1) is 11.3. The summed E-state index contributed by atoms with van der Waals surface area (Å²) < 4.78 is 0. The maximum absolute atomic E-state index is 12.3. The van der Waals surface area contributed by atoms with E-state index in [1.165, 1.54) is 0 Å². The van der Waals surface area contributed by atoms with E-state index in [2.05, 4.69) is 26.1 Å². The summed E-state index contributed by atoms with van der Waals surface area (Å²) in [4.78, 5) is 23.8. The van der Waals surface area contributed by atoms with Crippen molar-refractivity contribution in [2.24, 2.45) is 0 Å². The van der Waals surface area contributed by atoms with Crippen LogP contribution in [0.15, 0.2) is 54.6 Å². The first kappa shape index (κ1) is 17.7. The second kappa shape index (κ2) is 7.30. The van der Waals surface area contributed by atoms with Crippen LogP contribution in [0.1, 0.15) is 42.3 Å². The molecule has 2 aromatic rings. The molecule has 0 spiro atoms. The van der Waals surface area contributed by atoms with Crippen molar-refractivity contribution in [2.75, 3.05) is 0 Å². The number of carboxylic acid groups (broad SMARTS) is 1. The number of hydrogen-bond donors (Lipinski definition) is 2. The summed E-state index contributed by atoms with van der Waals surface area (Å²) in [5.74, 6) is -1.42. The minimum Gasteiger partial charge on any atom is -0.480 e. The molecule has 4 nitrogen and oxygen atoms in total. The van der Waals surface area contributed by atoms with Gasteiger partial charge in [0.25, 0.3) is 5.91 Å². The van der Waals surface area contributed by atoms with Gasteiger partial charge < -0.3 is 10.4 Å². The number of amides is 1. The van der Waals surface area contributed by atoms with Crippen LogP contribution in [0.3, 0.4) is 0 Å². The Morgan fingerprint density at radius 3 is 2.08 bits per heavy atom. The van der Waals surface area contributed by atoms with Crippen molar-refractivity contribution < 1.29 is 14.7 Å². The summed E-state index contributed by atoms with van der Waals surface area (Å²) in [6, 6.07) is 15.6. The zero-order chi connectivity index (χ0) is 17.7. The maximum Gasteiger partial charge on any atom is 0.326 e. The topological polar surface area (TPSA) is 66.4 Å². The fraction of sp³-hybridized carbons (Fsp3) is 0.300. The van der Waals surface area contributed by atoms with Gasteiger partial charge in [0, 0.05) is 12.0 Å². The van der Waals surface area contributed by atoms with E-state index in [0.717, 1.165) is 11.1 Å². The summed E-state index contributed by atoms with van der Waals surface area (Å²) >= 11 is 0. The number of hydrogen-bond acceptors (Lipinski definition) is 2. The van der Waals surface area contributed by atoms with Gasteiger partial charge in [-0.1, -0.05) is 63.2 Å². The normalized spacial score (nSPS) is 12.5. The molecule has 0 aliphatic heterocycles. The minimum absolute atomic E-state index is 0.00587. The van der Waals surface area contributed by atoms with Gasteiger partial charge in [0.15, 0.2) is 0 Å². The van der Waals surface area contributed by atoms with Crippen molar-refractivity contribution in [3.8, 4) is 0 Å². The van der Waals surface area contributed by atoms with E-state index in [4.69, 9.17) is 0 Å². The van der Waals surface area contributed by atoms with E-state index < -0.39 is 12.0 Å². The first-order valence-corrected chi connectivity index (χ1v) is 7.95. The molecule has 1 amide bonds. The number of carboxylic acids is 1. The van der Waals surface area contributed by atoms with E-state index in [1.54, 1.807) is 12.1 Å². The van der Waals surface area contributed by atoms with Gasteiger partial charge in [-0.25, -0.2) is 4.79 Å². The maximum atomic E-state index is 12.3. The Bertz CT molecular complexity index is 700. The fourth-order valence-electron chi connectivity index (χ4n) is 2.41. The molecule has 0 fully saturated rings. The Kier molecular flexibility index (Phi) is 5.39. The lowest BCUT2D eigenvalue weighted by Gasteiger charge is -2.19. The molecular weight excluding hydrogens is 302 g/mol. The quantitative estimate of drug-likeness (QED) is 0.885. The smallest absolute Gasteiger partial charge is 0.326 e. The van der Waals surface area contributed by atoms with E-state index in [9.17, 15) is 14.7 Å². The summed E-state index contributed by atoms with van der Waals surface area (Å²) in [6.45, 7) is 6.30. The summed E-state index contributed by atoms with van der Waals surface area (Å²) in [5, 5.41) is 12.0. The van der Waals surface area contributed by atoms with Crippen molar-refractivity contribution >= 4 is 11.9 Å². The predicted molar refractivity (Wildman–Crippen MR) is 94.2 cm³/mol. The van der Waals surface area contributed by atoms with E-state index >= 15 is 0 Å². The highest BCUT2D eigenvalue weighted by Crippen LogP contribution is 2.22. The summed E-state index contributed by atoms with van der Waals surface area (Å²) in [7, 11) is 0. The zero-order valence-electron chi connectivity index (χ0n) is 14.2. The van der Waals surface area contributed by atoms with Crippen LogP contribution in [0.5, 0.6) is 0 Å². The van der Waals surface area contributed by atoms with Crippen LogP contribution >= 0.6 is 0 Å². The zero-order valence-corrected chi connectivity index (χ0v) is 14.2. The largest absolute Gasteiger partial charge is 0.480 e. The van der Waals surface area contributed by atoms with Crippen LogP contribution in [0, 0.1) is 0 Å². The molecule has 2 N–H and O–H groups in total. The Labute approximate surface area is 142 Å². The van der Waals surface area contributed by atoms with Crippen LogP contribution < -0.4 is 5.32 Å². The Balaban J connectivity index is 2.09. The number of benzene rings is 2. The molecule has 0 aliphatic carbocycles. The van der Waals surface area contributed by atoms with Crippen molar-refractivity contribution in [1.82, 2.24) is 5.32 Å². The lowest BCUT2D eigenvalue weighted by atomic mass is 9.86. The molecule has 0 unspecified atom stereocenters. The molecule has 24 heavy (non-hydrogen) atoms. The summed E-state index contributed by atoms with van der Waals surface area (Å²) in [6.07, 6.45) is 0.252. The molecule has 0 aliphatic rings. The van der Waals surface area contributed by atoms with Gasteiger partial charge in [0.2, 0.25) is 0 Å². The molecule has 1 atom stereocenters. The molecule has 0 saturated heterocycles. The van der Waals surface area contributed by atoms with E-state index in [1.807, 2.05) is 42.5 Å². The van der Waals surface area contributed by atoms with Crippen LogP contribution in [0.25, 0.3) is 0 Å². The molecule has 0 aromatic heterocycles. The van der Waals surface area contributed by atoms with Crippen LogP contribution in [0.4, 0.5) is 0 Å². The third-order valence-electron chi connectivity index (χ3n) is 3.90. The van der Waals surface area contributed by atoms with Gasteiger partial charge in [-0.3, -0.25) is 4.79 Å². The van der Waals surface area contributed by atoms with Gasteiger partial charge >= 0.3 is 5.97 Å². The second-order valence-corrected chi connectivity index (χ2v) is 6.88. The van der Waals surface area contributed by atoms with Crippen LogP contribution in [-0.2, 0) is 16.6 Å². The number of carbonyl (C=O) groups excluding carboxylic acids is 1. The van der Waals surface area contributed by atoms with Crippen LogP contribution in [-0.4, -0.2) is 23.0 Å². The highest BCUT2D eigenvalue weighted by molar-refractivity contribution is 5.96. The van der Waals surface area contributed by atoms with Crippen LogP contribution in [0.2, 0.25) is 0 Å². The van der Waals surface area contributed by atoms with Gasteiger partial charge in [-0.05, 0) is 28.7 Å². The van der Waals surface area contributed by atoms with E-state index in [0.29, 0.717) is 5.56 Å². The van der Waals surface area contributed by atoms with Gasteiger partial charge in [-0.15, -0.1) is 0 Å². The van der Waals surface area contributed by atoms with Gasteiger partial charge in [0.1, 0.15) is 6.04 Å². The molecular formula is C20H23NO3. The highest BCUT2D eigenvalue weighted by atomic mass is 16.4. The molecule has 2 rings (SSSR count). The molecule has 0 saturated carbocycles. The molecule has 126 valence electrons. The van der Waals surface area contributed by atoms with E-state index in [-0.39, 0.29) is 17.7 Å². The lowest BCUT2D eigenvalue weighted by molar-refractivity contribution is -0.139. The minimum atomic E-state index is -1.04. The average Bonchev–Trinajstić information content (AvgIpc) is 2.54. The number of carbonyl (C=O) groups is 2. The highest BCUT2D eigenvalue weighted by Gasteiger charge is 2.21. The molecule has 0 heterocycles. The van der Waals surface area contributed by atoms with Crippen molar-refractivity contribution in [3.05, 3.63) is 71.3 Å². The first-order valence-electron chi connectivity index (χ1n) is 7.95. The number of nitrogens with one attached hydrogen (secondary N) is 1. The van der Waals surface area contributed by atoms with Gasteiger partial charge in [-0.2, -0.15) is 0 Å². The van der Waals surface area contributed by atoms with Crippen molar-refractivity contribution in [3.63, 3.8) is 0 Å². The third kappa shape index (κ3) is 4.69. The standard InChI is InChI=1S/C20H23NO3/c1-20(2,3)16-11-9-15(10-12-16)18(22)21-17(19(23)24)13-14-7-5-4-6-8-14/h4-12,17H,13H2,1-3H3,(H,21,22)(H,23,24)/t17-/m1/s1. The van der Waals surface area contributed by atoms with Crippen molar-refractivity contribution in [1.29, 1.82) is 0 Å². The number of rotatable bonds is 5. The number of aliphatic carboxylic acids is 1. The molecule has 2 aromatic carbocycles. The predicted octanol–water partition coefficient (Wildman–Crippen LogP) is 3.41. The third-order valence-corrected chi connectivity index (χ3v) is 3.90. The second-order valence-electron chi connectivity index (χ2n) is 6.88. The Hall–Kier alpha value is -2.62. The SMILES string of the molecule is CC(C)(C)c1ccc(C(=O)N[C@H](Cc2ccccc2)C(=O)O)cc1. The monoisotopic (exact) mass is 325 g/mol. The Morgan fingerprint density at radius 1 is 1.00 bits per heavy atom. The molecule has 4 heteroatoms. The average molecular weight is 325 g/mol. The summed E-state index contributed by atoms with van der Waals surface area (Å²) in [5.41, 5.74) is 2.46. The Morgan fingerprint density at radius 2 is 1.58 bits per heavy atom. The van der Waals surface area contributed by atoms with Gasteiger partial charge in [0.05, 0.1) is 0 Å².